The SMILES string of the molecule is CC(=O)OC=O.[Ca+2].[H-].[H-]. The molecule has 0 aliphatic rings. The maximum Gasteiger partial charge on any atom is 2.00 e. The van der Waals surface area contributed by atoms with E-state index in [4.69, 9.17) is 0 Å². The van der Waals surface area contributed by atoms with Crippen LogP contribution >= 0.6 is 0 Å². The summed E-state index contributed by atoms with van der Waals surface area (Å²) in [7, 11) is 0. The molecule has 0 N–H and O–H groups in total. The van der Waals surface area contributed by atoms with Gasteiger partial charge in [-0.3, -0.25) is 9.59 Å². The standard InChI is InChI=1S/C3H4O3.Ca.2H/c1-3(5)6-2-4;;;/h2H,1H3;;;/q;+2;2*-1. The van der Waals surface area contributed by atoms with Crippen molar-refractivity contribution in [2.45, 2.75) is 6.92 Å². The fraction of sp³-hybridized carbons (Fsp3) is 0.333. The minimum absolute atomic E-state index is 0. The minimum Gasteiger partial charge on any atom is -1.00 e. The Morgan fingerprint density at radius 3 is 2.29 bits per heavy atom. The van der Waals surface area contributed by atoms with Gasteiger partial charge >= 0.3 is 50.2 Å². The zero-order valence-corrected chi connectivity index (χ0v) is 6.22. The summed E-state index contributed by atoms with van der Waals surface area (Å²) >= 11 is 0. The molecule has 0 fully saturated rings. The third kappa shape index (κ3) is 10.7. The summed E-state index contributed by atoms with van der Waals surface area (Å²) in [5.74, 6) is -0.579. The molecular formula is C3H6CaO3. The summed E-state index contributed by atoms with van der Waals surface area (Å²) in [5.41, 5.74) is 0. The topological polar surface area (TPSA) is 43.4 Å². The van der Waals surface area contributed by atoms with Crippen LogP contribution in [-0.2, 0) is 14.3 Å². The fourth-order valence-corrected chi connectivity index (χ4v) is 0.0678. The first-order chi connectivity index (χ1) is 2.77. The first-order valence-electron chi connectivity index (χ1n) is 1.38. The second-order valence-corrected chi connectivity index (χ2v) is 0.706. The van der Waals surface area contributed by atoms with Crippen LogP contribution in [-0.4, -0.2) is 50.2 Å². The predicted molar refractivity (Wildman–Crippen MR) is 25.8 cm³/mol. The Morgan fingerprint density at radius 1 is 1.86 bits per heavy atom. The normalized spacial score (nSPS) is 5.86. The summed E-state index contributed by atoms with van der Waals surface area (Å²) < 4.78 is 3.72. The van der Waals surface area contributed by atoms with Crippen LogP contribution in [0, 0.1) is 0 Å². The van der Waals surface area contributed by atoms with E-state index in [-0.39, 0.29) is 47.1 Å². The number of carbonyl (C=O) groups is 2. The van der Waals surface area contributed by atoms with Crippen molar-refractivity contribution in [3.05, 3.63) is 0 Å². The first kappa shape index (κ1) is 10.4. The van der Waals surface area contributed by atoms with Gasteiger partial charge in [0, 0.05) is 6.92 Å². The summed E-state index contributed by atoms with van der Waals surface area (Å²) in [6.07, 6.45) is 0. The molecule has 0 heterocycles. The average molecular weight is 130 g/mol. The van der Waals surface area contributed by atoms with E-state index >= 15 is 0 Å². The number of rotatable bonds is 1. The van der Waals surface area contributed by atoms with Gasteiger partial charge in [-0.15, -0.1) is 0 Å². The molecule has 0 bridgehead atoms. The Hall–Kier alpha value is 0.400. The maximum absolute atomic E-state index is 9.59. The van der Waals surface area contributed by atoms with Gasteiger partial charge in [0.15, 0.2) is 0 Å². The van der Waals surface area contributed by atoms with Gasteiger partial charge in [-0.05, 0) is 0 Å². The molecule has 0 unspecified atom stereocenters. The van der Waals surface area contributed by atoms with E-state index in [0.29, 0.717) is 0 Å². The van der Waals surface area contributed by atoms with Crippen LogP contribution in [0.25, 0.3) is 0 Å². The van der Waals surface area contributed by atoms with Gasteiger partial charge in [-0.2, -0.15) is 0 Å². The molecule has 3 nitrogen and oxygen atoms in total. The smallest absolute Gasteiger partial charge is 1.00 e. The van der Waals surface area contributed by atoms with E-state index in [1.807, 2.05) is 0 Å². The Kier molecular flexibility index (Phi) is 9.50. The summed E-state index contributed by atoms with van der Waals surface area (Å²) in [5, 5.41) is 0. The van der Waals surface area contributed by atoms with E-state index in [9.17, 15) is 9.59 Å². The van der Waals surface area contributed by atoms with Crippen molar-refractivity contribution in [2.75, 3.05) is 0 Å². The van der Waals surface area contributed by atoms with E-state index in [0.717, 1.165) is 6.92 Å². The van der Waals surface area contributed by atoms with Crippen molar-refractivity contribution in [1.29, 1.82) is 0 Å². The van der Waals surface area contributed by atoms with Gasteiger partial charge in [-0.1, -0.05) is 0 Å². The Balaban J connectivity index is -0.0000000417. The Morgan fingerprint density at radius 2 is 2.29 bits per heavy atom. The number of ether oxygens (including phenoxy) is 1. The van der Waals surface area contributed by atoms with Gasteiger partial charge in [0.25, 0.3) is 0 Å². The maximum atomic E-state index is 9.59. The Labute approximate surface area is 74.0 Å². The van der Waals surface area contributed by atoms with Crippen molar-refractivity contribution >= 4 is 50.2 Å². The molecule has 0 aliphatic carbocycles. The zero-order chi connectivity index (χ0) is 4.99. The number of carbonyl (C=O) groups excluding carboxylic acids is 2. The van der Waals surface area contributed by atoms with Crippen molar-refractivity contribution in [3.8, 4) is 0 Å². The number of hydrogen-bond donors (Lipinski definition) is 0. The van der Waals surface area contributed by atoms with Crippen molar-refractivity contribution in [2.24, 2.45) is 0 Å². The average Bonchev–Trinajstić information content (AvgIpc) is 1.35. The molecule has 0 amide bonds. The summed E-state index contributed by atoms with van der Waals surface area (Å²) in [6, 6.07) is 0. The zero-order valence-electron chi connectivity index (χ0n) is 6.01. The molecule has 0 aromatic rings. The van der Waals surface area contributed by atoms with Gasteiger partial charge in [0.2, 0.25) is 0 Å². The second-order valence-electron chi connectivity index (χ2n) is 0.706. The molecule has 0 saturated heterocycles. The van der Waals surface area contributed by atoms with Crippen LogP contribution in [0.15, 0.2) is 0 Å². The minimum atomic E-state index is -0.579. The second kappa shape index (κ2) is 6.40. The van der Waals surface area contributed by atoms with Crippen LogP contribution in [0.2, 0.25) is 0 Å². The third-order valence-corrected chi connectivity index (χ3v) is 0.214. The number of esters is 1. The van der Waals surface area contributed by atoms with E-state index < -0.39 is 5.97 Å². The molecule has 4 heteroatoms. The molecule has 0 radical (unpaired) electrons. The van der Waals surface area contributed by atoms with E-state index in [1.165, 1.54) is 0 Å². The van der Waals surface area contributed by atoms with Crippen LogP contribution in [0.1, 0.15) is 9.78 Å². The van der Waals surface area contributed by atoms with Crippen LogP contribution < -0.4 is 0 Å². The monoisotopic (exact) mass is 130 g/mol. The van der Waals surface area contributed by atoms with Crippen molar-refractivity contribution in [3.63, 3.8) is 0 Å². The molecule has 0 spiro atoms. The molecule has 38 valence electrons. The predicted octanol–water partition coefficient (Wildman–Crippen LogP) is -0.450. The van der Waals surface area contributed by atoms with E-state index in [2.05, 4.69) is 4.74 Å². The molecule has 0 aromatic heterocycles. The number of hydrogen-bond acceptors (Lipinski definition) is 3. The molecule has 7 heavy (non-hydrogen) atoms. The molecule has 0 aliphatic heterocycles. The van der Waals surface area contributed by atoms with Crippen LogP contribution in [0.4, 0.5) is 0 Å². The van der Waals surface area contributed by atoms with Crippen LogP contribution in [0.5, 0.6) is 0 Å². The van der Waals surface area contributed by atoms with Crippen LogP contribution in [0.3, 0.4) is 0 Å². The van der Waals surface area contributed by atoms with Gasteiger partial charge in [0.1, 0.15) is 0 Å². The molecule has 0 saturated carbocycles. The Bertz CT molecular complexity index is 77.5. The summed E-state index contributed by atoms with van der Waals surface area (Å²) in [4.78, 5) is 18.8. The summed E-state index contributed by atoms with van der Waals surface area (Å²) in [6.45, 7) is 1.26. The largest absolute Gasteiger partial charge is 2.00 e. The molecular weight excluding hydrogens is 124 g/mol. The van der Waals surface area contributed by atoms with E-state index in [1.54, 1.807) is 0 Å². The van der Waals surface area contributed by atoms with Gasteiger partial charge < -0.3 is 7.59 Å². The third-order valence-electron chi connectivity index (χ3n) is 0.214. The van der Waals surface area contributed by atoms with Crippen molar-refractivity contribution in [1.82, 2.24) is 0 Å². The van der Waals surface area contributed by atoms with Gasteiger partial charge in [-0.25, -0.2) is 0 Å². The first-order valence-corrected chi connectivity index (χ1v) is 1.38. The fourth-order valence-electron chi connectivity index (χ4n) is 0.0678. The van der Waals surface area contributed by atoms with Gasteiger partial charge in [0.05, 0.1) is 0 Å². The van der Waals surface area contributed by atoms with Crippen molar-refractivity contribution < 1.29 is 17.2 Å². The molecule has 0 atom stereocenters. The quantitative estimate of drug-likeness (QED) is 0.209. The molecule has 0 rings (SSSR count). The molecule has 0 aromatic carbocycles.